The highest BCUT2D eigenvalue weighted by Gasteiger charge is 2.25. The van der Waals surface area contributed by atoms with Gasteiger partial charge in [0.1, 0.15) is 0 Å². The fourth-order valence-corrected chi connectivity index (χ4v) is 2.69. The zero-order valence-electron chi connectivity index (χ0n) is 14.1. The van der Waals surface area contributed by atoms with Crippen LogP contribution in [0.5, 0.6) is 0 Å². The number of hydrogen-bond acceptors (Lipinski definition) is 3. The van der Waals surface area contributed by atoms with Gasteiger partial charge in [0.15, 0.2) is 0 Å². The van der Waals surface area contributed by atoms with Gasteiger partial charge in [-0.2, -0.15) is 0 Å². The van der Waals surface area contributed by atoms with Crippen LogP contribution in [0.25, 0.3) is 0 Å². The van der Waals surface area contributed by atoms with Gasteiger partial charge in [-0.3, -0.25) is 0 Å². The minimum atomic E-state index is 0.220. The standard InChI is InChI=1S/C18H31N3/c1-18(2,20(3)4)15-19-17-11-13-21(14-17)12-10-16-8-6-5-7-9-16/h5-9,17,19H,10-15H2,1-4H3. The first-order valence-corrected chi connectivity index (χ1v) is 8.14. The van der Waals surface area contributed by atoms with E-state index in [1.165, 1.54) is 31.6 Å². The molecule has 1 N–H and O–H groups in total. The largest absolute Gasteiger partial charge is 0.311 e. The Bertz CT molecular complexity index is 414. The van der Waals surface area contributed by atoms with Crippen LogP contribution in [0.15, 0.2) is 30.3 Å². The SMILES string of the molecule is CN(C)C(C)(C)CNC1CCN(CCc2ccccc2)C1. The van der Waals surface area contributed by atoms with E-state index in [0.717, 1.165) is 13.0 Å². The molecule has 3 nitrogen and oxygen atoms in total. The summed E-state index contributed by atoms with van der Waals surface area (Å²) in [5.41, 5.74) is 1.67. The summed E-state index contributed by atoms with van der Waals surface area (Å²) in [5, 5.41) is 3.75. The third-order valence-electron chi connectivity index (χ3n) is 4.87. The molecule has 0 spiro atoms. The molecule has 1 aliphatic rings. The summed E-state index contributed by atoms with van der Waals surface area (Å²) >= 11 is 0. The van der Waals surface area contributed by atoms with Crippen molar-refractivity contribution in [2.75, 3.05) is 40.3 Å². The van der Waals surface area contributed by atoms with Crippen LogP contribution in [0, 0.1) is 0 Å². The lowest BCUT2D eigenvalue weighted by Gasteiger charge is -2.34. The Balaban J connectivity index is 1.69. The van der Waals surface area contributed by atoms with Crippen molar-refractivity contribution in [2.45, 2.75) is 38.3 Å². The van der Waals surface area contributed by atoms with Gasteiger partial charge in [0.2, 0.25) is 0 Å². The Labute approximate surface area is 130 Å². The number of rotatable bonds is 7. The van der Waals surface area contributed by atoms with Gasteiger partial charge < -0.3 is 15.1 Å². The third kappa shape index (κ3) is 5.10. The van der Waals surface area contributed by atoms with E-state index < -0.39 is 0 Å². The van der Waals surface area contributed by atoms with Gasteiger partial charge in [-0.15, -0.1) is 0 Å². The van der Waals surface area contributed by atoms with Gasteiger partial charge in [-0.25, -0.2) is 0 Å². The molecule has 1 atom stereocenters. The normalized spacial score (nSPS) is 20.3. The lowest BCUT2D eigenvalue weighted by atomic mass is 10.0. The molecule has 0 aliphatic carbocycles. The molecule has 1 aromatic rings. The van der Waals surface area contributed by atoms with Crippen LogP contribution in [-0.2, 0) is 6.42 Å². The fourth-order valence-electron chi connectivity index (χ4n) is 2.69. The van der Waals surface area contributed by atoms with Gasteiger partial charge in [0, 0.05) is 31.2 Å². The van der Waals surface area contributed by atoms with Crippen LogP contribution < -0.4 is 5.32 Å². The second-order valence-corrected chi connectivity index (χ2v) is 7.11. The molecular weight excluding hydrogens is 258 g/mol. The molecule has 118 valence electrons. The average Bonchev–Trinajstić information content (AvgIpc) is 2.92. The highest BCUT2D eigenvalue weighted by atomic mass is 15.2. The van der Waals surface area contributed by atoms with Crippen molar-refractivity contribution < 1.29 is 0 Å². The monoisotopic (exact) mass is 289 g/mol. The van der Waals surface area contributed by atoms with Gasteiger partial charge in [-0.05, 0) is 52.9 Å². The predicted molar refractivity (Wildman–Crippen MR) is 90.8 cm³/mol. The van der Waals surface area contributed by atoms with Crippen LogP contribution in [0.3, 0.4) is 0 Å². The Morgan fingerprint density at radius 2 is 1.95 bits per heavy atom. The summed E-state index contributed by atoms with van der Waals surface area (Å²) in [7, 11) is 4.31. The molecular formula is C18H31N3. The molecule has 0 radical (unpaired) electrons. The third-order valence-corrected chi connectivity index (χ3v) is 4.87. The first-order chi connectivity index (χ1) is 9.97. The Kier molecular flexibility index (Phi) is 5.80. The van der Waals surface area contributed by atoms with E-state index in [9.17, 15) is 0 Å². The highest BCUT2D eigenvalue weighted by Crippen LogP contribution is 2.13. The summed E-state index contributed by atoms with van der Waals surface area (Å²) in [6.07, 6.45) is 2.44. The molecule has 0 aromatic heterocycles. The number of nitrogens with one attached hydrogen (secondary N) is 1. The topological polar surface area (TPSA) is 18.5 Å². The van der Waals surface area contributed by atoms with Crippen molar-refractivity contribution in [3.63, 3.8) is 0 Å². The zero-order chi connectivity index (χ0) is 15.3. The second-order valence-electron chi connectivity index (χ2n) is 7.11. The minimum absolute atomic E-state index is 0.220. The van der Waals surface area contributed by atoms with Crippen LogP contribution in [0.2, 0.25) is 0 Å². The number of benzene rings is 1. The molecule has 21 heavy (non-hydrogen) atoms. The lowest BCUT2D eigenvalue weighted by molar-refractivity contribution is 0.184. The van der Waals surface area contributed by atoms with Crippen LogP contribution in [0.1, 0.15) is 25.8 Å². The molecule has 1 aromatic carbocycles. The molecule has 0 bridgehead atoms. The number of likely N-dealkylation sites (tertiary alicyclic amines) is 1. The quantitative estimate of drug-likeness (QED) is 0.830. The van der Waals surface area contributed by atoms with Crippen molar-refractivity contribution in [1.29, 1.82) is 0 Å². The van der Waals surface area contributed by atoms with Crippen molar-refractivity contribution >= 4 is 0 Å². The van der Waals surface area contributed by atoms with Gasteiger partial charge >= 0.3 is 0 Å². The number of hydrogen-bond donors (Lipinski definition) is 1. The van der Waals surface area contributed by atoms with Crippen LogP contribution in [0.4, 0.5) is 0 Å². The Morgan fingerprint density at radius 3 is 2.62 bits per heavy atom. The van der Waals surface area contributed by atoms with Crippen LogP contribution >= 0.6 is 0 Å². The first-order valence-electron chi connectivity index (χ1n) is 8.14. The first kappa shape index (κ1) is 16.5. The second kappa shape index (κ2) is 7.39. The molecule has 3 heteroatoms. The van der Waals surface area contributed by atoms with E-state index >= 15 is 0 Å². The van der Waals surface area contributed by atoms with Gasteiger partial charge in [0.05, 0.1) is 0 Å². The van der Waals surface area contributed by atoms with Crippen LogP contribution in [-0.4, -0.2) is 61.7 Å². The average molecular weight is 289 g/mol. The van der Waals surface area contributed by atoms with E-state index in [4.69, 9.17) is 0 Å². The van der Waals surface area contributed by atoms with Gasteiger partial charge in [0.25, 0.3) is 0 Å². The maximum atomic E-state index is 3.75. The molecule has 0 saturated carbocycles. The maximum absolute atomic E-state index is 3.75. The fraction of sp³-hybridized carbons (Fsp3) is 0.667. The van der Waals surface area contributed by atoms with Crippen molar-refractivity contribution in [3.8, 4) is 0 Å². The van der Waals surface area contributed by atoms with E-state index in [0.29, 0.717) is 6.04 Å². The maximum Gasteiger partial charge on any atom is 0.0271 e. The van der Waals surface area contributed by atoms with E-state index in [1.54, 1.807) is 0 Å². The van der Waals surface area contributed by atoms with E-state index in [1.807, 2.05) is 0 Å². The molecule has 1 saturated heterocycles. The number of likely N-dealkylation sites (N-methyl/N-ethyl adjacent to an activating group) is 1. The van der Waals surface area contributed by atoms with E-state index in [-0.39, 0.29) is 5.54 Å². The molecule has 2 rings (SSSR count). The molecule has 0 amide bonds. The van der Waals surface area contributed by atoms with Gasteiger partial charge in [-0.1, -0.05) is 30.3 Å². The number of nitrogens with zero attached hydrogens (tertiary/aromatic N) is 2. The summed E-state index contributed by atoms with van der Waals surface area (Å²) in [4.78, 5) is 4.88. The smallest absolute Gasteiger partial charge is 0.0271 e. The molecule has 1 fully saturated rings. The highest BCUT2D eigenvalue weighted by molar-refractivity contribution is 5.14. The van der Waals surface area contributed by atoms with Crippen molar-refractivity contribution in [1.82, 2.24) is 15.1 Å². The predicted octanol–water partition coefficient (Wildman–Crippen LogP) is 2.23. The Hall–Kier alpha value is -0.900. The van der Waals surface area contributed by atoms with Crippen molar-refractivity contribution in [2.24, 2.45) is 0 Å². The summed E-state index contributed by atoms with van der Waals surface area (Å²) in [6.45, 7) is 9.24. The summed E-state index contributed by atoms with van der Waals surface area (Å²) < 4.78 is 0. The minimum Gasteiger partial charge on any atom is -0.311 e. The molecule has 1 aliphatic heterocycles. The Morgan fingerprint density at radius 1 is 1.24 bits per heavy atom. The zero-order valence-corrected chi connectivity index (χ0v) is 14.1. The lowest BCUT2D eigenvalue weighted by Crippen LogP contribution is -2.49. The summed E-state index contributed by atoms with van der Waals surface area (Å²) in [5.74, 6) is 0. The molecule has 1 heterocycles. The van der Waals surface area contributed by atoms with Crippen molar-refractivity contribution in [3.05, 3.63) is 35.9 Å². The summed E-state index contributed by atoms with van der Waals surface area (Å²) in [6, 6.07) is 11.5. The van der Waals surface area contributed by atoms with E-state index in [2.05, 4.69) is 73.4 Å². The molecule has 1 unspecified atom stereocenters.